The summed E-state index contributed by atoms with van der Waals surface area (Å²) in [6.45, 7) is 8.55. The first kappa shape index (κ1) is 14.4. The van der Waals surface area contributed by atoms with E-state index in [9.17, 15) is 4.79 Å². The fraction of sp³-hybridized carbons (Fsp3) is 0.467. The molecule has 0 radical (unpaired) electrons. The van der Waals surface area contributed by atoms with Crippen LogP contribution in [0.2, 0.25) is 0 Å². The summed E-state index contributed by atoms with van der Waals surface area (Å²) < 4.78 is 0. The van der Waals surface area contributed by atoms with Crippen LogP contribution in [0.3, 0.4) is 0 Å². The summed E-state index contributed by atoms with van der Waals surface area (Å²) in [5.74, 6) is 0.0607. The molecule has 18 heavy (non-hydrogen) atoms. The topological polar surface area (TPSA) is 32.7 Å². The van der Waals surface area contributed by atoms with E-state index in [1.807, 2.05) is 39.8 Å². The second-order valence-electron chi connectivity index (χ2n) is 3.87. The van der Waals surface area contributed by atoms with Gasteiger partial charge in [-0.2, -0.15) is 0 Å². The van der Waals surface area contributed by atoms with Crippen molar-refractivity contribution in [3.63, 3.8) is 0 Å². The van der Waals surface area contributed by atoms with Gasteiger partial charge in [0.05, 0.1) is 12.4 Å². The van der Waals surface area contributed by atoms with Gasteiger partial charge < -0.3 is 0 Å². The van der Waals surface area contributed by atoms with E-state index in [2.05, 4.69) is 17.1 Å². The van der Waals surface area contributed by atoms with Crippen LogP contribution in [0.25, 0.3) is 0 Å². The lowest BCUT2D eigenvalue weighted by atomic mass is 10.0. The van der Waals surface area contributed by atoms with Crippen molar-refractivity contribution in [2.75, 3.05) is 6.54 Å². The number of fused-ring (bicyclic) bond motifs is 1. The Morgan fingerprint density at radius 2 is 2.22 bits per heavy atom. The van der Waals surface area contributed by atoms with Crippen molar-refractivity contribution in [1.82, 2.24) is 4.90 Å². The Morgan fingerprint density at radius 1 is 1.50 bits per heavy atom. The molecule has 1 aliphatic carbocycles. The zero-order chi connectivity index (χ0) is 13.5. The fourth-order valence-electron chi connectivity index (χ4n) is 2.04. The van der Waals surface area contributed by atoms with E-state index in [0.29, 0.717) is 6.54 Å². The number of carbonyl (C=O) groups excluding carboxylic acids is 1. The van der Waals surface area contributed by atoms with Gasteiger partial charge in [-0.1, -0.05) is 38.2 Å². The molecule has 1 amide bonds. The van der Waals surface area contributed by atoms with Gasteiger partial charge in [0.2, 0.25) is 0 Å². The molecule has 1 unspecified atom stereocenters. The Kier molecular flexibility index (Phi) is 5.56. The molecule has 0 saturated carbocycles. The highest BCUT2D eigenvalue weighted by Gasteiger charge is 2.26. The molecule has 2 rings (SSSR count). The smallest absolute Gasteiger partial charge is 0.258 e. The SMILES string of the molecule is C/C=C/C1=C2CC=CC2N=CN(CC)C1=O.CC. The number of likely N-dealkylation sites (N-methyl/N-ethyl adjacent to an activating group) is 1. The number of carbonyl (C=O) groups is 1. The van der Waals surface area contributed by atoms with Gasteiger partial charge >= 0.3 is 0 Å². The average Bonchev–Trinajstić information content (AvgIpc) is 2.82. The van der Waals surface area contributed by atoms with Crippen LogP contribution in [0.5, 0.6) is 0 Å². The molecule has 1 atom stereocenters. The van der Waals surface area contributed by atoms with Crippen LogP contribution < -0.4 is 0 Å². The van der Waals surface area contributed by atoms with E-state index in [4.69, 9.17) is 0 Å². The standard InChI is InChI=1S/C13H16N2O.C2H6/c1-3-6-11-10-7-5-8-12(10)14-9-15(4-2)13(11)16;1-2/h3,5-6,8-9,12H,4,7H2,1-2H3;1-2H3/b6-3+;. The van der Waals surface area contributed by atoms with Crippen molar-refractivity contribution in [3.8, 4) is 0 Å². The summed E-state index contributed by atoms with van der Waals surface area (Å²) in [6.07, 6.45) is 10.4. The highest BCUT2D eigenvalue weighted by atomic mass is 16.2. The second-order valence-corrected chi connectivity index (χ2v) is 3.87. The van der Waals surface area contributed by atoms with Crippen molar-refractivity contribution in [2.45, 2.75) is 40.2 Å². The molecule has 1 aliphatic heterocycles. The minimum atomic E-state index is 0.0607. The molecular weight excluding hydrogens is 224 g/mol. The lowest BCUT2D eigenvalue weighted by molar-refractivity contribution is -0.122. The van der Waals surface area contributed by atoms with Gasteiger partial charge in [-0.05, 0) is 25.8 Å². The Bertz CT molecular complexity index is 416. The largest absolute Gasteiger partial charge is 0.299 e. The summed E-state index contributed by atoms with van der Waals surface area (Å²) in [4.78, 5) is 18.3. The summed E-state index contributed by atoms with van der Waals surface area (Å²) in [7, 11) is 0. The third-order valence-electron chi connectivity index (χ3n) is 2.89. The molecule has 0 aromatic carbocycles. The van der Waals surface area contributed by atoms with Crippen LogP contribution >= 0.6 is 0 Å². The first-order valence-electron chi connectivity index (χ1n) is 6.64. The predicted molar refractivity (Wildman–Crippen MR) is 76.6 cm³/mol. The molecule has 0 bridgehead atoms. The van der Waals surface area contributed by atoms with Gasteiger partial charge in [0.1, 0.15) is 0 Å². The van der Waals surface area contributed by atoms with Crippen LogP contribution in [-0.2, 0) is 4.79 Å². The van der Waals surface area contributed by atoms with Crippen LogP contribution in [-0.4, -0.2) is 29.7 Å². The van der Waals surface area contributed by atoms with Crippen LogP contribution in [0, 0.1) is 0 Å². The molecular formula is C15H22N2O. The molecule has 3 heteroatoms. The number of hydrogen-bond donors (Lipinski definition) is 0. The van der Waals surface area contributed by atoms with Crippen LogP contribution in [0.15, 0.2) is 40.4 Å². The minimum Gasteiger partial charge on any atom is -0.299 e. The molecule has 1 heterocycles. The zero-order valence-corrected chi connectivity index (χ0v) is 11.7. The number of rotatable bonds is 2. The summed E-state index contributed by atoms with van der Waals surface area (Å²) in [6, 6.07) is 0.0618. The molecule has 0 fully saturated rings. The van der Waals surface area contributed by atoms with Crippen molar-refractivity contribution >= 4 is 12.2 Å². The lowest BCUT2D eigenvalue weighted by Gasteiger charge is -2.14. The van der Waals surface area contributed by atoms with Crippen LogP contribution in [0.1, 0.15) is 34.1 Å². The third-order valence-corrected chi connectivity index (χ3v) is 2.89. The van der Waals surface area contributed by atoms with Crippen LogP contribution in [0.4, 0.5) is 0 Å². The molecule has 2 aliphatic rings. The van der Waals surface area contributed by atoms with Gasteiger partial charge in [-0.25, -0.2) is 0 Å². The third kappa shape index (κ3) is 2.78. The molecule has 0 spiro atoms. The maximum absolute atomic E-state index is 12.2. The van der Waals surface area contributed by atoms with Gasteiger partial charge in [0, 0.05) is 12.1 Å². The van der Waals surface area contributed by atoms with Crippen molar-refractivity contribution in [2.24, 2.45) is 4.99 Å². The highest BCUT2D eigenvalue weighted by molar-refractivity contribution is 6.04. The van der Waals surface area contributed by atoms with Gasteiger partial charge in [0.25, 0.3) is 5.91 Å². The summed E-state index contributed by atoms with van der Waals surface area (Å²) >= 11 is 0. The quantitative estimate of drug-likeness (QED) is 0.689. The molecule has 0 saturated heterocycles. The lowest BCUT2D eigenvalue weighted by Crippen LogP contribution is -2.29. The van der Waals surface area contributed by atoms with Gasteiger partial charge in [-0.15, -0.1) is 0 Å². The summed E-state index contributed by atoms with van der Waals surface area (Å²) in [5, 5.41) is 0. The first-order valence-corrected chi connectivity index (χ1v) is 6.64. The maximum Gasteiger partial charge on any atom is 0.258 e. The average molecular weight is 246 g/mol. The normalized spacial score (nSPS) is 22.1. The highest BCUT2D eigenvalue weighted by Crippen LogP contribution is 2.27. The molecule has 98 valence electrons. The first-order chi connectivity index (χ1) is 8.77. The van der Waals surface area contributed by atoms with E-state index in [1.54, 1.807) is 11.2 Å². The van der Waals surface area contributed by atoms with Crippen molar-refractivity contribution in [1.29, 1.82) is 0 Å². The summed E-state index contributed by atoms with van der Waals surface area (Å²) in [5.41, 5.74) is 1.92. The van der Waals surface area contributed by atoms with E-state index in [0.717, 1.165) is 17.6 Å². The molecule has 0 aromatic rings. The Labute approximate surface area is 110 Å². The second kappa shape index (κ2) is 6.94. The monoisotopic (exact) mass is 246 g/mol. The molecule has 3 nitrogen and oxygen atoms in total. The zero-order valence-electron chi connectivity index (χ0n) is 11.7. The number of allylic oxidation sites excluding steroid dienone is 2. The minimum absolute atomic E-state index is 0.0607. The Balaban J connectivity index is 0.000000771. The van der Waals surface area contributed by atoms with E-state index in [1.165, 1.54) is 0 Å². The predicted octanol–water partition coefficient (Wildman–Crippen LogP) is 3.10. The van der Waals surface area contributed by atoms with Gasteiger partial charge in [0.15, 0.2) is 0 Å². The molecule has 0 aromatic heterocycles. The number of nitrogens with zero attached hydrogens (tertiary/aromatic N) is 2. The van der Waals surface area contributed by atoms with E-state index in [-0.39, 0.29) is 11.9 Å². The molecule has 0 N–H and O–H groups in total. The van der Waals surface area contributed by atoms with E-state index < -0.39 is 0 Å². The van der Waals surface area contributed by atoms with Crippen molar-refractivity contribution in [3.05, 3.63) is 35.5 Å². The number of hydrogen-bond acceptors (Lipinski definition) is 2. The number of amides is 1. The maximum atomic E-state index is 12.2. The van der Waals surface area contributed by atoms with E-state index >= 15 is 0 Å². The van der Waals surface area contributed by atoms with Gasteiger partial charge in [-0.3, -0.25) is 14.7 Å². The Hall–Kier alpha value is -1.64. The fourth-order valence-corrected chi connectivity index (χ4v) is 2.04. The number of aliphatic imine (C=N–C) groups is 1. The Morgan fingerprint density at radius 3 is 2.83 bits per heavy atom. The van der Waals surface area contributed by atoms with Crippen molar-refractivity contribution < 1.29 is 4.79 Å².